The first-order chi connectivity index (χ1) is 13.8. The lowest BCUT2D eigenvalue weighted by Crippen LogP contribution is -2.43. The Balaban J connectivity index is 1.60. The Labute approximate surface area is 181 Å². The number of halogens is 1. The third-order valence-corrected chi connectivity index (χ3v) is 6.28. The fraction of sp³-hybridized carbons (Fsp3) is 0.520. The Kier molecular flexibility index (Phi) is 7.26. The lowest BCUT2D eigenvalue weighted by atomic mass is 9.68. The molecule has 158 valence electrons. The molecule has 0 saturated carbocycles. The number of rotatable bonds is 8. The summed E-state index contributed by atoms with van der Waals surface area (Å²) in [5.41, 5.74) is 4.13. The highest BCUT2D eigenvalue weighted by atomic mass is 35.5. The largest absolute Gasteiger partial charge is 0.378 e. The van der Waals surface area contributed by atoms with Gasteiger partial charge in [0.05, 0.1) is 5.60 Å². The van der Waals surface area contributed by atoms with E-state index in [0.717, 1.165) is 50.4 Å². The quantitative estimate of drug-likeness (QED) is 0.560. The van der Waals surface area contributed by atoms with Crippen LogP contribution in [0.25, 0.3) is 0 Å². The molecule has 1 saturated heterocycles. The highest BCUT2D eigenvalue weighted by Gasteiger charge is 2.40. The summed E-state index contributed by atoms with van der Waals surface area (Å²) in [5, 5.41) is 4.47. The summed E-state index contributed by atoms with van der Waals surface area (Å²) < 4.78 is 6.04. The van der Waals surface area contributed by atoms with E-state index in [4.69, 9.17) is 16.3 Å². The van der Waals surface area contributed by atoms with E-state index in [-0.39, 0.29) is 11.0 Å². The Hall–Kier alpha value is -1.55. The third kappa shape index (κ3) is 6.47. The van der Waals surface area contributed by atoms with Crippen LogP contribution in [0.15, 0.2) is 48.5 Å². The Morgan fingerprint density at radius 2 is 1.66 bits per heavy atom. The number of nitrogens with one attached hydrogen (secondary N) is 1. The second-order valence-electron chi connectivity index (χ2n) is 9.33. The second kappa shape index (κ2) is 9.51. The van der Waals surface area contributed by atoms with Crippen molar-refractivity contribution in [1.82, 2.24) is 5.32 Å². The van der Waals surface area contributed by atoms with Gasteiger partial charge in [-0.3, -0.25) is 0 Å². The average Bonchev–Trinajstić information content (AvgIpc) is 2.67. The van der Waals surface area contributed by atoms with Crippen LogP contribution in [0.3, 0.4) is 0 Å². The zero-order valence-corrected chi connectivity index (χ0v) is 19.1. The van der Waals surface area contributed by atoms with Crippen molar-refractivity contribution >= 4 is 17.3 Å². The second-order valence-corrected chi connectivity index (χ2v) is 9.76. The average molecular weight is 415 g/mol. The first-order valence-corrected chi connectivity index (χ1v) is 11.0. The maximum atomic E-state index is 6.09. The molecule has 1 heterocycles. The molecule has 0 amide bonds. The fourth-order valence-corrected chi connectivity index (χ4v) is 4.70. The minimum Gasteiger partial charge on any atom is -0.378 e. The minimum atomic E-state index is -0.0628. The van der Waals surface area contributed by atoms with E-state index in [9.17, 15) is 0 Å². The Morgan fingerprint density at radius 3 is 2.28 bits per heavy atom. The van der Waals surface area contributed by atoms with E-state index >= 15 is 0 Å². The van der Waals surface area contributed by atoms with Crippen molar-refractivity contribution in [1.29, 1.82) is 0 Å². The van der Waals surface area contributed by atoms with Gasteiger partial charge in [0.15, 0.2) is 0 Å². The number of anilines is 1. The molecule has 2 aromatic rings. The third-order valence-electron chi connectivity index (χ3n) is 6.03. The normalized spacial score (nSPS) is 21.1. The molecule has 3 nitrogen and oxygen atoms in total. The lowest BCUT2D eigenvalue weighted by molar-refractivity contribution is -0.107. The molecule has 3 rings (SSSR count). The van der Waals surface area contributed by atoms with Crippen molar-refractivity contribution in [3.05, 3.63) is 64.7 Å². The van der Waals surface area contributed by atoms with Crippen molar-refractivity contribution < 1.29 is 4.74 Å². The molecule has 0 unspecified atom stereocenters. The smallest absolute Gasteiger partial charge is 0.0631 e. The van der Waals surface area contributed by atoms with E-state index < -0.39 is 0 Å². The van der Waals surface area contributed by atoms with Crippen LogP contribution in [-0.4, -0.2) is 32.8 Å². The van der Waals surface area contributed by atoms with Crippen molar-refractivity contribution in [2.75, 3.05) is 32.1 Å². The minimum absolute atomic E-state index is 0.0628. The van der Waals surface area contributed by atoms with Crippen LogP contribution < -0.4 is 10.2 Å². The summed E-state index contributed by atoms with van der Waals surface area (Å²) in [6, 6.07) is 17.1. The van der Waals surface area contributed by atoms with Crippen LogP contribution in [0.2, 0.25) is 5.02 Å². The SMILES string of the molecule is CN(C)c1ccc(CNCC[C@]2(Cc3ccc(Cl)cc3)CCOC(C)(C)C2)cc1. The maximum Gasteiger partial charge on any atom is 0.0631 e. The zero-order chi connectivity index (χ0) is 20.9. The van der Waals surface area contributed by atoms with Crippen molar-refractivity contribution in [3.63, 3.8) is 0 Å². The highest BCUT2D eigenvalue weighted by Crippen LogP contribution is 2.44. The van der Waals surface area contributed by atoms with E-state index in [0.29, 0.717) is 0 Å². The van der Waals surface area contributed by atoms with Gasteiger partial charge in [0.1, 0.15) is 0 Å². The molecular weight excluding hydrogens is 380 g/mol. The van der Waals surface area contributed by atoms with E-state index in [2.05, 4.69) is 74.6 Å². The maximum absolute atomic E-state index is 6.09. The van der Waals surface area contributed by atoms with E-state index in [1.165, 1.54) is 16.8 Å². The molecule has 0 spiro atoms. The van der Waals surface area contributed by atoms with Gasteiger partial charge in [-0.1, -0.05) is 35.9 Å². The van der Waals surface area contributed by atoms with Gasteiger partial charge < -0.3 is 15.0 Å². The van der Waals surface area contributed by atoms with Gasteiger partial charge in [-0.05, 0) is 86.9 Å². The monoisotopic (exact) mass is 414 g/mol. The molecule has 0 aromatic heterocycles. The van der Waals surface area contributed by atoms with Gasteiger partial charge in [0.25, 0.3) is 0 Å². The molecule has 0 aliphatic carbocycles. The lowest BCUT2D eigenvalue weighted by Gasteiger charge is -2.45. The highest BCUT2D eigenvalue weighted by molar-refractivity contribution is 6.30. The molecule has 0 radical (unpaired) electrons. The topological polar surface area (TPSA) is 24.5 Å². The fourth-order valence-electron chi connectivity index (χ4n) is 4.57. The van der Waals surface area contributed by atoms with Crippen molar-refractivity contribution in [2.45, 2.75) is 51.7 Å². The number of hydrogen-bond acceptors (Lipinski definition) is 3. The molecule has 29 heavy (non-hydrogen) atoms. The summed E-state index contributed by atoms with van der Waals surface area (Å²) in [5.74, 6) is 0. The van der Waals surface area contributed by atoms with Gasteiger partial charge in [0, 0.05) is 38.0 Å². The first kappa shape index (κ1) is 22.1. The summed E-state index contributed by atoms with van der Waals surface area (Å²) in [4.78, 5) is 2.13. The van der Waals surface area contributed by atoms with Crippen LogP contribution in [0, 0.1) is 5.41 Å². The van der Waals surface area contributed by atoms with Gasteiger partial charge in [-0.15, -0.1) is 0 Å². The Morgan fingerprint density at radius 1 is 1.00 bits per heavy atom. The predicted molar refractivity (Wildman–Crippen MR) is 124 cm³/mol. The zero-order valence-electron chi connectivity index (χ0n) is 18.3. The molecular formula is C25H35ClN2O. The van der Waals surface area contributed by atoms with Crippen molar-refractivity contribution in [2.24, 2.45) is 5.41 Å². The van der Waals surface area contributed by atoms with E-state index in [1.54, 1.807) is 0 Å². The molecule has 2 aromatic carbocycles. The number of ether oxygens (including phenoxy) is 1. The van der Waals surface area contributed by atoms with Gasteiger partial charge >= 0.3 is 0 Å². The van der Waals surface area contributed by atoms with Gasteiger partial charge in [-0.25, -0.2) is 0 Å². The van der Waals surface area contributed by atoms with Gasteiger partial charge in [0.2, 0.25) is 0 Å². The first-order valence-electron chi connectivity index (χ1n) is 10.6. The summed E-state index contributed by atoms with van der Waals surface area (Å²) in [6.45, 7) is 7.21. The Bertz CT molecular complexity index is 770. The number of benzene rings is 2. The molecule has 1 aliphatic rings. The molecule has 1 aliphatic heterocycles. The summed E-state index contributed by atoms with van der Waals surface area (Å²) in [6.07, 6.45) is 4.43. The van der Waals surface area contributed by atoms with Crippen LogP contribution in [0.1, 0.15) is 44.2 Å². The predicted octanol–water partition coefficient (Wildman–Crippen LogP) is 5.70. The van der Waals surface area contributed by atoms with Crippen LogP contribution in [-0.2, 0) is 17.7 Å². The molecule has 4 heteroatoms. The van der Waals surface area contributed by atoms with Crippen LogP contribution >= 0.6 is 11.6 Å². The number of nitrogens with zero attached hydrogens (tertiary/aromatic N) is 1. The number of hydrogen-bond donors (Lipinski definition) is 1. The van der Waals surface area contributed by atoms with Gasteiger partial charge in [-0.2, -0.15) is 0 Å². The molecule has 1 fully saturated rings. The molecule has 1 atom stereocenters. The summed E-state index contributed by atoms with van der Waals surface area (Å²) >= 11 is 6.09. The molecule has 1 N–H and O–H groups in total. The van der Waals surface area contributed by atoms with Crippen molar-refractivity contribution in [3.8, 4) is 0 Å². The van der Waals surface area contributed by atoms with E-state index in [1.807, 2.05) is 12.1 Å². The van der Waals surface area contributed by atoms with Crippen LogP contribution in [0.5, 0.6) is 0 Å². The van der Waals surface area contributed by atoms with Crippen LogP contribution in [0.4, 0.5) is 5.69 Å². The summed E-state index contributed by atoms with van der Waals surface area (Å²) in [7, 11) is 4.14. The molecule has 0 bridgehead atoms. The standard InChI is InChI=1S/C25H35ClN2O/c1-24(2)19-25(14-16-29-24,17-20-5-9-22(26)10-6-20)13-15-27-18-21-7-11-23(12-8-21)28(3)4/h5-12,27H,13-19H2,1-4H3/t25-/m1/s1.